The molecule has 5 rings (SSSR count). The normalized spacial score (nSPS) is 16.3. The molecular weight excluding hydrogens is 493 g/mol. The van der Waals surface area contributed by atoms with E-state index in [9.17, 15) is 28.4 Å². The van der Waals surface area contributed by atoms with Crippen LogP contribution in [0.3, 0.4) is 0 Å². The molecule has 9 nitrogen and oxygen atoms in total. The number of amides is 6. The fraction of sp³-hybridized carbons (Fsp3) is 0.107. The molecule has 2 aliphatic rings. The minimum atomic E-state index is -0.887. The van der Waals surface area contributed by atoms with Gasteiger partial charge in [-0.3, -0.25) is 34.3 Å². The van der Waals surface area contributed by atoms with Crippen LogP contribution in [0.15, 0.2) is 72.3 Å². The smallest absolute Gasteiger partial charge is 0.331 e. The molecule has 0 unspecified atom stereocenters. The number of benzene rings is 3. The molecule has 0 aromatic heterocycles. The summed E-state index contributed by atoms with van der Waals surface area (Å²) < 4.78 is 18.6. The highest BCUT2D eigenvalue weighted by atomic mass is 19.1. The van der Waals surface area contributed by atoms with Crippen molar-refractivity contribution in [3.8, 4) is 5.75 Å². The number of urea groups is 1. The summed E-state index contributed by atoms with van der Waals surface area (Å²) in [4.78, 5) is 65.6. The first-order valence-corrected chi connectivity index (χ1v) is 11.5. The number of fused-ring (bicyclic) bond motifs is 1. The minimum absolute atomic E-state index is 0.0954. The Bertz CT molecular complexity index is 1510. The van der Waals surface area contributed by atoms with Gasteiger partial charge in [0, 0.05) is 5.56 Å². The van der Waals surface area contributed by atoms with E-state index < -0.39 is 35.5 Å². The van der Waals surface area contributed by atoms with E-state index >= 15 is 0 Å². The molecule has 1 fully saturated rings. The second-order valence-electron chi connectivity index (χ2n) is 8.65. The summed E-state index contributed by atoms with van der Waals surface area (Å²) in [5, 5.41) is 2.14. The largest absolute Gasteiger partial charge is 0.496 e. The molecule has 0 bridgehead atoms. The lowest BCUT2D eigenvalue weighted by molar-refractivity contribution is -0.130. The predicted molar refractivity (Wildman–Crippen MR) is 132 cm³/mol. The van der Waals surface area contributed by atoms with Crippen molar-refractivity contribution in [3.63, 3.8) is 0 Å². The maximum absolute atomic E-state index is 13.2. The molecule has 0 atom stereocenters. The summed E-state index contributed by atoms with van der Waals surface area (Å²) in [6.45, 7) is -0.259. The third kappa shape index (κ3) is 4.43. The first-order chi connectivity index (χ1) is 18.3. The van der Waals surface area contributed by atoms with Gasteiger partial charge in [0.1, 0.15) is 17.1 Å². The average Bonchev–Trinajstić information content (AvgIpc) is 3.15. The second-order valence-corrected chi connectivity index (χ2v) is 8.65. The van der Waals surface area contributed by atoms with Gasteiger partial charge in [-0.15, -0.1) is 0 Å². The van der Waals surface area contributed by atoms with Crippen molar-refractivity contribution in [2.24, 2.45) is 0 Å². The molecule has 6 amide bonds. The third-order valence-corrected chi connectivity index (χ3v) is 6.26. The van der Waals surface area contributed by atoms with Crippen LogP contribution in [-0.2, 0) is 22.7 Å². The molecular formula is C28H20FN3O6. The van der Waals surface area contributed by atoms with E-state index in [0.29, 0.717) is 33.6 Å². The van der Waals surface area contributed by atoms with Crippen LogP contribution in [0.1, 0.15) is 37.4 Å². The molecule has 190 valence electrons. The Morgan fingerprint density at radius 1 is 0.816 bits per heavy atom. The van der Waals surface area contributed by atoms with Gasteiger partial charge in [-0.1, -0.05) is 30.3 Å². The first-order valence-electron chi connectivity index (χ1n) is 11.5. The van der Waals surface area contributed by atoms with Crippen LogP contribution in [-0.4, -0.2) is 46.6 Å². The average molecular weight is 513 g/mol. The van der Waals surface area contributed by atoms with Crippen LogP contribution in [0.2, 0.25) is 0 Å². The molecule has 38 heavy (non-hydrogen) atoms. The van der Waals surface area contributed by atoms with Crippen LogP contribution in [0, 0.1) is 5.82 Å². The topological polar surface area (TPSA) is 113 Å². The molecule has 0 spiro atoms. The van der Waals surface area contributed by atoms with E-state index in [1.807, 2.05) is 0 Å². The number of nitrogens with zero attached hydrogens (tertiary/aromatic N) is 2. The SMILES string of the molecule is COc1ccc(C=C2C(=O)NC(=O)N(Cc3ccc(F)cc3)C2=O)cc1CN1C(=O)c2ccccc2C1=O. The summed E-state index contributed by atoms with van der Waals surface area (Å²) in [6.07, 6.45) is 1.31. The molecule has 0 radical (unpaired) electrons. The number of imide groups is 3. The van der Waals surface area contributed by atoms with E-state index in [-0.39, 0.29) is 18.7 Å². The lowest BCUT2D eigenvalue weighted by Gasteiger charge is -2.26. The lowest BCUT2D eigenvalue weighted by atomic mass is 10.0. The van der Waals surface area contributed by atoms with Crippen molar-refractivity contribution in [3.05, 3.63) is 106 Å². The standard InChI is InChI=1S/C28H20FN3O6/c1-38-23-11-8-17(12-18(23)15-31-25(34)20-4-2-3-5-21(20)26(31)35)13-22-24(33)30-28(37)32(27(22)36)14-16-6-9-19(29)10-7-16/h2-13H,14-15H2,1H3,(H,30,33,37). The van der Waals surface area contributed by atoms with Crippen LogP contribution < -0.4 is 10.1 Å². The number of halogens is 1. The van der Waals surface area contributed by atoms with Gasteiger partial charge in [0.2, 0.25) is 0 Å². The number of hydrogen-bond acceptors (Lipinski definition) is 6. The zero-order chi connectivity index (χ0) is 27.0. The first kappa shape index (κ1) is 24.6. The van der Waals surface area contributed by atoms with Crippen LogP contribution in [0.4, 0.5) is 9.18 Å². The zero-order valence-corrected chi connectivity index (χ0v) is 20.1. The highest BCUT2D eigenvalue weighted by molar-refractivity contribution is 6.31. The molecule has 0 aliphatic carbocycles. The second kappa shape index (κ2) is 9.74. The number of rotatable bonds is 6. The number of nitrogens with one attached hydrogen (secondary N) is 1. The van der Waals surface area contributed by atoms with E-state index in [0.717, 1.165) is 9.80 Å². The van der Waals surface area contributed by atoms with Crippen molar-refractivity contribution in [1.82, 2.24) is 15.1 Å². The summed E-state index contributed by atoms with van der Waals surface area (Å²) in [5.41, 5.74) is 1.71. The molecule has 3 aromatic carbocycles. The number of barbiturate groups is 1. The Kier molecular flexibility index (Phi) is 6.29. The van der Waals surface area contributed by atoms with Crippen LogP contribution in [0.25, 0.3) is 6.08 Å². The number of carbonyl (C=O) groups excluding carboxylic acids is 5. The van der Waals surface area contributed by atoms with E-state index in [1.54, 1.807) is 42.5 Å². The maximum atomic E-state index is 13.2. The minimum Gasteiger partial charge on any atom is -0.496 e. The molecule has 3 aromatic rings. The molecule has 1 saturated heterocycles. The Morgan fingerprint density at radius 3 is 2.11 bits per heavy atom. The molecule has 10 heteroatoms. The Labute approximate surface area is 216 Å². The maximum Gasteiger partial charge on any atom is 0.331 e. The highest BCUT2D eigenvalue weighted by Gasteiger charge is 2.37. The molecule has 2 heterocycles. The lowest BCUT2D eigenvalue weighted by Crippen LogP contribution is -2.53. The number of hydrogen-bond donors (Lipinski definition) is 1. The Balaban J connectivity index is 1.43. The van der Waals surface area contributed by atoms with Gasteiger partial charge in [0.25, 0.3) is 23.6 Å². The fourth-order valence-corrected chi connectivity index (χ4v) is 4.34. The van der Waals surface area contributed by atoms with Gasteiger partial charge in [0.15, 0.2) is 0 Å². The van der Waals surface area contributed by atoms with Gasteiger partial charge in [-0.05, 0) is 53.6 Å². The number of methoxy groups -OCH3 is 1. The fourth-order valence-electron chi connectivity index (χ4n) is 4.34. The van der Waals surface area contributed by atoms with Crippen molar-refractivity contribution in [2.45, 2.75) is 13.1 Å². The van der Waals surface area contributed by atoms with Crippen LogP contribution in [0.5, 0.6) is 5.75 Å². The quantitative estimate of drug-likeness (QED) is 0.308. The van der Waals surface area contributed by atoms with E-state index in [1.165, 1.54) is 37.5 Å². The van der Waals surface area contributed by atoms with Gasteiger partial charge < -0.3 is 4.74 Å². The van der Waals surface area contributed by atoms with Crippen LogP contribution >= 0.6 is 0 Å². The van der Waals surface area contributed by atoms with Gasteiger partial charge >= 0.3 is 6.03 Å². The zero-order valence-electron chi connectivity index (χ0n) is 20.1. The number of carbonyl (C=O) groups is 5. The van der Waals surface area contributed by atoms with Crippen molar-refractivity contribution >= 4 is 35.7 Å². The van der Waals surface area contributed by atoms with Crippen molar-refractivity contribution < 1.29 is 33.1 Å². The summed E-state index contributed by atoms with van der Waals surface area (Å²) in [6, 6.07) is 15.7. The summed E-state index contributed by atoms with van der Waals surface area (Å²) in [5.74, 6) is -2.62. The highest BCUT2D eigenvalue weighted by Crippen LogP contribution is 2.29. The predicted octanol–water partition coefficient (Wildman–Crippen LogP) is 3.29. The molecule has 2 aliphatic heterocycles. The van der Waals surface area contributed by atoms with Gasteiger partial charge in [-0.25, -0.2) is 9.18 Å². The number of ether oxygens (including phenoxy) is 1. The van der Waals surface area contributed by atoms with Crippen molar-refractivity contribution in [1.29, 1.82) is 0 Å². The summed E-state index contributed by atoms with van der Waals surface area (Å²) in [7, 11) is 1.44. The summed E-state index contributed by atoms with van der Waals surface area (Å²) >= 11 is 0. The van der Waals surface area contributed by atoms with Gasteiger partial charge in [0.05, 0.1) is 31.3 Å². The van der Waals surface area contributed by atoms with E-state index in [4.69, 9.17) is 4.74 Å². The van der Waals surface area contributed by atoms with Crippen molar-refractivity contribution in [2.75, 3.05) is 7.11 Å². The van der Waals surface area contributed by atoms with E-state index in [2.05, 4.69) is 5.32 Å². The monoisotopic (exact) mass is 513 g/mol. The Morgan fingerprint density at radius 2 is 1.47 bits per heavy atom. The molecule has 0 saturated carbocycles. The Hall–Kier alpha value is -5.12. The third-order valence-electron chi connectivity index (χ3n) is 6.26. The molecule has 1 N–H and O–H groups in total. The van der Waals surface area contributed by atoms with Gasteiger partial charge in [-0.2, -0.15) is 0 Å².